The molecule has 30 heavy (non-hydrogen) atoms. The molecule has 3 heterocycles. The third-order valence-electron chi connectivity index (χ3n) is 5.99. The van der Waals surface area contributed by atoms with Crippen LogP contribution in [0.15, 0.2) is 18.2 Å². The Morgan fingerprint density at radius 2 is 2.03 bits per heavy atom. The van der Waals surface area contributed by atoms with Gasteiger partial charge in [0.25, 0.3) is 0 Å². The summed E-state index contributed by atoms with van der Waals surface area (Å²) in [4.78, 5) is 11.6. The summed E-state index contributed by atoms with van der Waals surface area (Å²) >= 11 is 0. The lowest BCUT2D eigenvalue weighted by Crippen LogP contribution is -2.48. The van der Waals surface area contributed by atoms with Gasteiger partial charge in [0.15, 0.2) is 11.6 Å². The van der Waals surface area contributed by atoms with E-state index in [0.29, 0.717) is 23.0 Å². The van der Waals surface area contributed by atoms with E-state index in [2.05, 4.69) is 33.3 Å². The molecule has 4 N–H and O–H groups in total. The van der Waals surface area contributed by atoms with Crippen LogP contribution in [0, 0.1) is 18.2 Å². The van der Waals surface area contributed by atoms with E-state index in [-0.39, 0.29) is 23.1 Å². The lowest BCUT2D eigenvalue weighted by molar-refractivity contribution is 0.362. The topological polar surface area (TPSA) is 95.8 Å². The van der Waals surface area contributed by atoms with E-state index < -0.39 is 0 Å². The largest absolute Gasteiger partial charge is 0.341 e. The van der Waals surface area contributed by atoms with Gasteiger partial charge in [0.05, 0.1) is 11.2 Å². The zero-order chi connectivity index (χ0) is 20.9. The van der Waals surface area contributed by atoms with Gasteiger partial charge in [-0.15, -0.1) is 6.42 Å². The van der Waals surface area contributed by atoms with Crippen LogP contribution < -0.4 is 16.0 Å². The summed E-state index contributed by atoms with van der Waals surface area (Å²) in [5, 5.41) is 10.8. The minimum absolute atomic E-state index is 0.141. The predicted molar refractivity (Wildman–Crippen MR) is 115 cm³/mol. The molecular weight excluding hydrogens is 381 g/mol. The number of nitrogens with two attached hydrogens (primary N) is 1. The van der Waals surface area contributed by atoms with E-state index in [1.807, 2.05) is 18.2 Å². The summed E-state index contributed by atoms with van der Waals surface area (Å²) in [6.45, 7) is 3.60. The van der Waals surface area contributed by atoms with Gasteiger partial charge >= 0.3 is 0 Å². The molecule has 1 aromatic carbocycles. The molecule has 1 saturated carbocycles. The fraction of sp³-hybridized carbons (Fsp3) is 0.409. The molecule has 1 aliphatic heterocycles. The minimum Gasteiger partial charge on any atom is -0.341 e. The van der Waals surface area contributed by atoms with Crippen molar-refractivity contribution in [1.29, 1.82) is 0 Å². The van der Waals surface area contributed by atoms with Crippen LogP contribution in [-0.2, 0) is 0 Å². The number of rotatable bonds is 4. The van der Waals surface area contributed by atoms with Crippen molar-refractivity contribution in [2.75, 3.05) is 23.3 Å². The van der Waals surface area contributed by atoms with Crippen molar-refractivity contribution in [2.45, 2.75) is 44.1 Å². The fourth-order valence-corrected chi connectivity index (χ4v) is 3.84. The molecule has 1 aliphatic carbocycles. The van der Waals surface area contributed by atoms with Crippen molar-refractivity contribution in [3.63, 3.8) is 0 Å². The highest BCUT2D eigenvalue weighted by Gasteiger charge is 2.31. The second-order valence-corrected chi connectivity index (χ2v) is 8.59. The fourth-order valence-electron chi connectivity index (χ4n) is 3.84. The summed E-state index contributed by atoms with van der Waals surface area (Å²) in [6.07, 6.45) is 9.25. The Bertz CT molecular complexity index is 1150. The number of benzene rings is 1. The van der Waals surface area contributed by atoms with Crippen molar-refractivity contribution < 1.29 is 4.39 Å². The first-order valence-electron chi connectivity index (χ1n) is 10.3. The molecule has 2 fully saturated rings. The standard InChI is InChI=1S/C22H24FN7/c1-3-13-4-7-16-15(12-13)19(26-20-17(23)18(28-29-20)14-5-6-14)27-21(25-16)30-10-8-22(2,24)9-11-30/h1,4,7,12,14H,5-6,8-11,24H2,2H3,(H2,25,26,27,28,29). The van der Waals surface area contributed by atoms with Crippen molar-refractivity contribution >= 4 is 28.5 Å². The average molecular weight is 405 g/mol. The van der Waals surface area contributed by atoms with E-state index in [1.165, 1.54) is 0 Å². The van der Waals surface area contributed by atoms with E-state index in [1.54, 1.807) is 0 Å². The lowest BCUT2D eigenvalue weighted by Gasteiger charge is -2.36. The second-order valence-electron chi connectivity index (χ2n) is 8.59. The monoisotopic (exact) mass is 405 g/mol. The maximum absolute atomic E-state index is 14.8. The molecule has 7 nitrogen and oxygen atoms in total. The first-order valence-corrected chi connectivity index (χ1v) is 10.3. The van der Waals surface area contributed by atoms with E-state index >= 15 is 0 Å². The van der Waals surface area contributed by atoms with E-state index in [9.17, 15) is 4.39 Å². The van der Waals surface area contributed by atoms with Gasteiger partial charge in [0.2, 0.25) is 5.95 Å². The van der Waals surface area contributed by atoms with Gasteiger partial charge in [-0.2, -0.15) is 10.1 Å². The lowest BCUT2D eigenvalue weighted by atomic mass is 9.91. The Balaban J connectivity index is 1.55. The Hall–Kier alpha value is -3.18. The number of hydrogen-bond acceptors (Lipinski definition) is 6. The Morgan fingerprint density at radius 1 is 1.27 bits per heavy atom. The highest BCUT2D eigenvalue weighted by molar-refractivity contribution is 5.92. The first-order chi connectivity index (χ1) is 14.4. The van der Waals surface area contributed by atoms with E-state index in [4.69, 9.17) is 22.1 Å². The number of aromatic amines is 1. The Morgan fingerprint density at radius 3 is 2.73 bits per heavy atom. The first kappa shape index (κ1) is 18.8. The third-order valence-corrected chi connectivity index (χ3v) is 5.99. The van der Waals surface area contributed by atoms with Crippen molar-refractivity contribution in [3.8, 4) is 12.3 Å². The number of fused-ring (bicyclic) bond motifs is 1. The zero-order valence-corrected chi connectivity index (χ0v) is 16.9. The summed E-state index contributed by atoms with van der Waals surface area (Å²) < 4.78 is 14.8. The summed E-state index contributed by atoms with van der Waals surface area (Å²) in [6, 6.07) is 5.55. The van der Waals surface area contributed by atoms with Gasteiger partial charge in [0.1, 0.15) is 5.82 Å². The van der Waals surface area contributed by atoms with Crippen LogP contribution in [0.4, 0.5) is 22.0 Å². The Labute approximate surface area is 174 Å². The number of anilines is 3. The number of nitrogens with one attached hydrogen (secondary N) is 2. The maximum atomic E-state index is 14.8. The highest BCUT2D eigenvalue weighted by Crippen LogP contribution is 2.41. The highest BCUT2D eigenvalue weighted by atomic mass is 19.1. The van der Waals surface area contributed by atoms with E-state index in [0.717, 1.165) is 49.7 Å². The molecule has 8 heteroatoms. The number of piperidine rings is 1. The van der Waals surface area contributed by atoms with Crippen LogP contribution in [0.2, 0.25) is 0 Å². The molecule has 0 radical (unpaired) electrons. The molecule has 0 amide bonds. The van der Waals surface area contributed by atoms with Crippen LogP contribution >= 0.6 is 0 Å². The van der Waals surface area contributed by atoms with Gasteiger partial charge in [-0.05, 0) is 50.8 Å². The Kier molecular flexibility index (Phi) is 4.36. The summed E-state index contributed by atoms with van der Waals surface area (Å²) in [7, 11) is 0. The van der Waals surface area contributed by atoms with Crippen molar-refractivity contribution in [2.24, 2.45) is 5.73 Å². The summed E-state index contributed by atoms with van der Waals surface area (Å²) in [5.41, 5.74) is 8.10. The predicted octanol–water partition coefficient (Wildman–Crippen LogP) is 3.41. The molecule has 5 rings (SSSR count). The molecule has 0 spiro atoms. The normalized spacial score (nSPS) is 18.4. The number of halogens is 1. The van der Waals surface area contributed by atoms with Gasteiger partial charge in [-0.25, -0.2) is 9.37 Å². The summed E-state index contributed by atoms with van der Waals surface area (Å²) in [5.74, 6) is 3.73. The van der Waals surface area contributed by atoms with Crippen LogP contribution in [0.5, 0.6) is 0 Å². The number of aromatic nitrogens is 4. The molecule has 2 aliphatic rings. The van der Waals surface area contributed by atoms with Gasteiger partial charge in [0, 0.05) is 35.5 Å². The molecule has 154 valence electrons. The number of terminal acetylenes is 1. The molecule has 0 bridgehead atoms. The molecule has 3 aromatic rings. The maximum Gasteiger partial charge on any atom is 0.227 e. The smallest absolute Gasteiger partial charge is 0.227 e. The van der Waals surface area contributed by atoms with Crippen molar-refractivity contribution in [1.82, 2.24) is 20.2 Å². The van der Waals surface area contributed by atoms with Crippen LogP contribution in [-0.4, -0.2) is 38.8 Å². The zero-order valence-electron chi connectivity index (χ0n) is 16.9. The average Bonchev–Trinajstić information content (AvgIpc) is 3.51. The molecular formula is C22H24FN7. The minimum atomic E-state index is -0.351. The number of H-pyrrole nitrogens is 1. The van der Waals surface area contributed by atoms with Gasteiger partial charge < -0.3 is 16.0 Å². The molecule has 1 saturated heterocycles. The van der Waals surface area contributed by atoms with Crippen molar-refractivity contribution in [3.05, 3.63) is 35.3 Å². The SMILES string of the molecule is C#Cc1ccc2nc(N3CCC(C)(N)CC3)nc(Nc3n[nH]c(C4CC4)c3F)c2c1. The molecule has 0 atom stereocenters. The molecule has 0 unspecified atom stereocenters. The van der Waals surface area contributed by atoms with Crippen LogP contribution in [0.25, 0.3) is 10.9 Å². The van der Waals surface area contributed by atoms with Gasteiger partial charge in [-0.3, -0.25) is 5.10 Å². The third kappa shape index (κ3) is 3.46. The number of hydrogen-bond donors (Lipinski definition) is 3. The van der Waals surface area contributed by atoms with Crippen LogP contribution in [0.1, 0.15) is 49.8 Å². The quantitative estimate of drug-likeness (QED) is 0.576. The second kappa shape index (κ2) is 6.96. The van der Waals surface area contributed by atoms with Gasteiger partial charge in [-0.1, -0.05) is 5.92 Å². The molecule has 2 aromatic heterocycles. The number of nitrogens with zero attached hydrogens (tertiary/aromatic N) is 4. The van der Waals surface area contributed by atoms with Crippen LogP contribution in [0.3, 0.4) is 0 Å².